The average Bonchev–Trinajstić information content (AvgIpc) is 3.53. The number of phosphoric ester groups is 2. The van der Waals surface area contributed by atoms with Gasteiger partial charge in [0.15, 0.2) is 6.29 Å². The average molecular weight is 1090 g/mol. The van der Waals surface area contributed by atoms with Gasteiger partial charge in [-0.1, -0.05) is 243 Å². The fraction of sp³-hybridized carbons (Fsp3) is 0.238. The molecule has 0 aromatic heterocycles. The van der Waals surface area contributed by atoms with Gasteiger partial charge in [-0.3, -0.25) is 27.1 Å². The first kappa shape index (κ1) is 56.5. The quantitative estimate of drug-likeness (QED) is 0.0396. The lowest BCUT2D eigenvalue weighted by Crippen LogP contribution is -2.64. The van der Waals surface area contributed by atoms with Gasteiger partial charge in [0.25, 0.3) is 0 Å². The van der Waals surface area contributed by atoms with Crippen molar-refractivity contribution in [2.45, 2.75) is 89.7 Å². The predicted octanol–water partition coefficient (Wildman–Crippen LogP) is 14.2. The molecule has 78 heavy (non-hydrogen) atoms. The monoisotopic (exact) mass is 1090 g/mol. The Morgan fingerprint density at radius 2 is 0.603 bits per heavy atom. The van der Waals surface area contributed by atoms with Crippen LogP contribution in [0.2, 0.25) is 0 Å². The highest BCUT2D eigenvalue weighted by molar-refractivity contribution is 7.48. The normalized spacial score (nSPS) is 18.1. The van der Waals surface area contributed by atoms with E-state index < -0.39 is 59.1 Å². The molecule has 1 aliphatic rings. The Labute approximate surface area is 457 Å². The molecule has 404 valence electrons. The van der Waals surface area contributed by atoms with Crippen LogP contribution in [0.4, 0.5) is 0 Å². The van der Waals surface area contributed by atoms with Crippen LogP contribution in [0.1, 0.15) is 44.5 Å². The van der Waals surface area contributed by atoms with Crippen molar-refractivity contribution < 1.29 is 60.0 Å². The van der Waals surface area contributed by atoms with E-state index in [1.54, 1.807) is 0 Å². The maximum absolute atomic E-state index is 15.5. The van der Waals surface area contributed by atoms with Gasteiger partial charge < -0.3 is 23.7 Å². The van der Waals surface area contributed by atoms with Crippen LogP contribution in [0.15, 0.2) is 243 Å². The van der Waals surface area contributed by atoms with Crippen molar-refractivity contribution in [2.24, 2.45) is 0 Å². The highest BCUT2D eigenvalue weighted by Gasteiger charge is 2.54. The first-order valence-electron chi connectivity index (χ1n) is 25.9. The summed E-state index contributed by atoms with van der Waals surface area (Å²) in [6, 6.07) is 75.8. The Balaban J connectivity index is 1.13. The lowest BCUT2D eigenvalue weighted by molar-refractivity contribution is -0.324. The van der Waals surface area contributed by atoms with Gasteiger partial charge in [-0.05, 0) is 44.5 Å². The molecule has 1 heterocycles. The Hall–Kier alpha value is -6.22. The van der Waals surface area contributed by atoms with Gasteiger partial charge in [-0.15, -0.1) is 0 Å². The summed E-state index contributed by atoms with van der Waals surface area (Å²) in [4.78, 5) is 0. The molecule has 0 spiro atoms. The minimum Gasteiger partial charge on any atom is -0.368 e. The Bertz CT molecular complexity index is 2930. The lowest BCUT2D eigenvalue weighted by atomic mass is 9.94. The van der Waals surface area contributed by atoms with Crippen molar-refractivity contribution >= 4 is 15.6 Å². The van der Waals surface area contributed by atoms with E-state index in [0.29, 0.717) is 0 Å². The number of benzene rings is 8. The van der Waals surface area contributed by atoms with E-state index in [9.17, 15) is 0 Å². The third kappa shape index (κ3) is 17.6. The van der Waals surface area contributed by atoms with Crippen LogP contribution in [0.5, 0.6) is 0 Å². The molecule has 8 aromatic carbocycles. The Morgan fingerprint density at radius 1 is 0.321 bits per heavy atom. The van der Waals surface area contributed by atoms with Gasteiger partial charge in [-0.2, -0.15) is 0 Å². The summed E-state index contributed by atoms with van der Waals surface area (Å²) in [6.45, 7) is -0.560. The maximum Gasteiger partial charge on any atom is 0.477 e. The number of ether oxygens (including phenoxy) is 5. The minimum atomic E-state index is -4.63. The fourth-order valence-electron chi connectivity index (χ4n) is 8.50. The van der Waals surface area contributed by atoms with Crippen molar-refractivity contribution in [1.82, 2.24) is 0 Å². The molecule has 0 radical (unpaired) electrons. The second kappa shape index (κ2) is 29.7. The number of phosphoric acid groups is 2. The van der Waals surface area contributed by atoms with Crippen LogP contribution < -0.4 is 0 Å². The molecule has 0 amide bonds. The highest BCUT2D eigenvalue weighted by Crippen LogP contribution is 2.55. The molecule has 0 saturated carbocycles. The molecule has 0 N–H and O–H groups in total. The zero-order valence-electron chi connectivity index (χ0n) is 43.1. The third-order valence-corrected chi connectivity index (χ3v) is 15.3. The lowest BCUT2D eigenvalue weighted by Gasteiger charge is -2.48. The molecule has 9 rings (SSSR count). The number of hydrogen-bond donors (Lipinski definition) is 0. The topological polar surface area (TPSA) is 136 Å². The summed E-state index contributed by atoms with van der Waals surface area (Å²) in [7, 11) is -9.07. The zero-order valence-corrected chi connectivity index (χ0v) is 44.9. The summed E-state index contributed by atoms with van der Waals surface area (Å²) in [5.74, 6) is 0. The number of rotatable bonds is 30. The van der Waals surface area contributed by atoms with Crippen LogP contribution in [-0.4, -0.2) is 43.4 Å². The molecule has 1 fully saturated rings. The fourth-order valence-corrected chi connectivity index (χ4v) is 10.9. The predicted molar refractivity (Wildman–Crippen MR) is 296 cm³/mol. The summed E-state index contributed by atoms with van der Waals surface area (Å²) >= 11 is 0. The van der Waals surface area contributed by atoms with Crippen molar-refractivity contribution in [3.63, 3.8) is 0 Å². The molecule has 15 heteroatoms. The summed E-state index contributed by atoms with van der Waals surface area (Å²) < 4.78 is 104. The van der Waals surface area contributed by atoms with Crippen LogP contribution in [0.25, 0.3) is 0 Å². The molecular weight excluding hydrogens is 1030 g/mol. The second-order valence-corrected chi connectivity index (χ2v) is 21.7. The van der Waals surface area contributed by atoms with Gasteiger partial charge in [-0.25, -0.2) is 9.13 Å². The second-order valence-electron chi connectivity index (χ2n) is 18.4. The Morgan fingerprint density at radius 3 is 0.949 bits per heavy atom. The van der Waals surface area contributed by atoms with Gasteiger partial charge >= 0.3 is 15.6 Å². The summed E-state index contributed by atoms with van der Waals surface area (Å²) in [6.07, 6.45) is -7.22. The van der Waals surface area contributed by atoms with Crippen molar-refractivity contribution in [1.29, 1.82) is 0 Å². The highest BCUT2D eigenvalue weighted by atomic mass is 31.2. The molecule has 13 nitrogen and oxygen atoms in total. The van der Waals surface area contributed by atoms with Gasteiger partial charge in [0.1, 0.15) is 30.5 Å². The number of hydrogen-bond acceptors (Lipinski definition) is 13. The Kier molecular flexibility index (Phi) is 21.5. The van der Waals surface area contributed by atoms with E-state index in [-0.39, 0.29) is 52.9 Å². The van der Waals surface area contributed by atoms with E-state index in [1.807, 2.05) is 243 Å². The summed E-state index contributed by atoms with van der Waals surface area (Å²) in [5, 5.41) is 0. The molecule has 8 aromatic rings. The minimum absolute atomic E-state index is 0.0496. The van der Waals surface area contributed by atoms with Crippen LogP contribution >= 0.6 is 15.6 Å². The molecule has 6 atom stereocenters. The standard InChI is InChI=1S/C63H64O13P2/c64-77(70-45-54-33-17-5-18-34-54,71-46-55-35-19-6-20-36-55)74-49-58(66-41-50-25-9-1-10-26-50)59-60(67-42-51-27-11-2-12-28-51)61(68-43-52-29-13-3-14-30-52)62(69-44-53-31-15-4-16-32-53)63(75-59)76-78(65,72-47-56-37-21-7-22-38-56)73-48-57-39-23-8-24-40-57/h1-40,58-63H,41-49H2/t58-,59?,60-,61?,62?,63+/m1/s1. The zero-order chi connectivity index (χ0) is 53.5. The first-order valence-corrected chi connectivity index (χ1v) is 28.8. The molecule has 0 bridgehead atoms. The van der Waals surface area contributed by atoms with Gasteiger partial charge in [0, 0.05) is 0 Å². The van der Waals surface area contributed by atoms with E-state index in [0.717, 1.165) is 44.5 Å². The molecule has 1 aliphatic heterocycles. The van der Waals surface area contributed by atoms with E-state index in [4.69, 9.17) is 50.8 Å². The van der Waals surface area contributed by atoms with Gasteiger partial charge in [0.05, 0.1) is 59.5 Å². The van der Waals surface area contributed by atoms with Crippen LogP contribution in [-0.2, 0) is 113 Å². The van der Waals surface area contributed by atoms with Gasteiger partial charge in [0.2, 0.25) is 0 Å². The van der Waals surface area contributed by atoms with E-state index >= 15 is 9.13 Å². The van der Waals surface area contributed by atoms with Crippen LogP contribution in [0.3, 0.4) is 0 Å². The summed E-state index contributed by atoms with van der Waals surface area (Å²) in [5.41, 5.74) is 6.33. The maximum atomic E-state index is 15.5. The smallest absolute Gasteiger partial charge is 0.368 e. The molecule has 1 saturated heterocycles. The van der Waals surface area contributed by atoms with Crippen molar-refractivity contribution in [2.75, 3.05) is 6.61 Å². The van der Waals surface area contributed by atoms with Crippen molar-refractivity contribution in [3.05, 3.63) is 287 Å². The van der Waals surface area contributed by atoms with Crippen molar-refractivity contribution in [3.8, 4) is 0 Å². The molecule has 0 aliphatic carbocycles. The molecular formula is C63H64O13P2. The first-order chi connectivity index (χ1) is 38.4. The van der Waals surface area contributed by atoms with Crippen LogP contribution in [0, 0.1) is 0 Å². The van der Waals surface area contributed by atoms with E-state index in [2.05, 4.69) is 0 Å². The SMILES string of the molecule is O=P(OCc1ccccc1)(OCc1ccccc1)OC[C@@H](OCc1ccccc1)C1O[C@@H](OP(=O)(OCc2ccccc2)OCc2ccccc2)C(OCc2ccccc2)C(OCc2ccccc2)[C@@H]1OCc1ccccc1. The largest absolute Gasteiger partial charge is 0.477 e. The third-order valence-electron chi connectivity index (χ3n) is 12.6. The van der Waals surface area contributed by atoms with E-state index in [1.165, 1.54) is 0 Å². The molecule has 3 unspecified atom stereocenters.